The van der Waals surface area contributed by atoms with Crippen LogP contribution in [-0.2, 0) is 0 Å². The van der Waals surface area contributed by atoms with Crippen molar-refractivity contribution in [1.29, 1.82) is 0 Å². The summed E-state index contributed by atoms with van der Waals surface area (Å²) in [4.78, 5) is 27.8. The van der Waals surface area contributed by atoms with Gasteiger partial charge in [-0.25, -0.2) is 0 Å². The van der Waals surface area contributed by atoms with E-state index in [1.807, 2.05) is 19.1 Å². The average Bonchev–Trinajstić information content (AvgIpc) is 2.48. The van der Waals surface area contributed by atoms with Crippen molar-refractivity contribution in [2.45, 2.75) is 6.92 Å². The van der Waals surface area contributed by atoms with Gasteiger partial charge in [-0.2, -0.15) is 0 Å². The molecule has 0 aliphatic carbocycles. The van der Waals surface area contributed by atoms with Gasteiger partial charge in [0.15, 0.2) is 0 Å². The highest BCUT2D eigenvalue weighted by atomic mass is 35.5. The predicted octanol–water partition coefficient (Wildman–Crippen LogP) is 3.74. The Bertz CT molecular complexity index is 931. The lowest BCUT2D eigenvalue weighted by atomic mass is 10.1. The van der Waals surface area contributed by atoms with Crippen molar-refractivity contribution in [3.05, 3.63) is 75.0 Å². The van der Waals surface area contributed by atoms with Crippen LogP contribution in [0.25, 0.3) is 10.9 Å². The van der Waals surface area contributed by atoms with Gasteiger partial charge in [-0.15, -0.1) is 0 Å². The summed E-state index contributed by atoms with van der Waals surface area (Å²) in [6, 6.07) is 12.3. The quantitative estimate of drug-likeness (QED) is 0.757. The second-order valence-electron chi connectivity index (χ2n) is 5.04. The van der Waals surface area contributed by atoms with Crippen LogP contribution in [0.1, 0.15) is 15.9 Å². The zero-order valence-corrected chi connectivity index (χ0v) is 12.6. The third kappa shape index (κ3) is 2.73. The van der Waals surface area contributed by atoms with Gasteiger partial charge >= 0.3 is 0 Å². The molecule has 2 N–H and O–H groups in total. The van der Waals surface area contributed by atoms with Gasteiger partial charge in [0.2, 0.25) is 5.43 Å². The molecule has 0 aliphatic rings. The van der Waals surface area contributed by atoms with Crippen LogP contribution < -0.4 is 10.7 Å². The van der Waals surface area contributed by atoms with Gasteiger partial charge in [0.05, 0.1) is 0 Å². The average molecular weight is 313 g/mol. The summed E-state index contributed by atoms with van der Waals surface area (Å²) < 4.78 is 0. The molecule has 1 heterocycles. The van der Waals surface area contributed by atoms with Crippen molar-refractivity contribution < 1.29 is 4.79 Å². The lowest BCUT2D eigenvalue weighted by Crippen LogP contribution is -2.22. The molecular weight excluding hydrogens is 300 g/mol. The molecule has 0 atom stereocenters. The number of fused-ring (bicyclic) bond motifs is 1. The second-order valence-corrected chi connectivity index (χ2v) is 5.48. The molecule has 0 bridgehead atoms. The molecule has 5 heteroatoms. The number of pyridine rings is 1. The van der Waals surface area contributed by atoms with Crippen molar-refractivity contribution >= 4 is 34.1 Å². The number of amides is 1. The van der Waals surface area contributed by atoms with Crippen LogP contribution in [0.3, 0.4) is 0 Å². The number of rotatable bonds is 2. The molecule has 0 unspecified atom stereocenters. The summed E-state index contributed by atoms with van der Waals surface area (Å²) >= 11 is 5.88. The Morgan fingerprint density at radius 1 is 1.18 bits per heavy atom. The lowest BCUT2D eigenvalue weighted by molar-refractivity contribution is 0.102. The minimum absolute atomic E-state index is 0.0677. The van der Waals surface area contributed by atoms with Crippen LogP contribution in [0.4, 0.5) is 5.69 Å². The fourth-order valence-electron chi connectivity index (χ4n) is 2.27. The SMILES string of the molecule is Cc1ccc2[nH]cc(C(=O)Nc3cccc(Cl)c3)c(=O)c2c1. The zero-order chi connectivity index (χ0) is 15.7. The number of anilines is 1. The predicted molar refractivity (Wildman–Crippen MR) is 88.7 cm³/mol. The number of aromatic amines is 1. The van der Waals surface area contributed by atoms with Crippen LogP contribution >= 0.6 is 11.6 Å². The molecule has 0 fully saturated rings. The van der Waals surface area contributed by atoms with Crippen molar-refractivity contribution in [3.8, 4) is 0 Å². The van der Waals surface area contributed by atoms with Gasteiger partial charge in [-0.1, -0.05) is 29.3 Å². The molecule has 0 aliphatic heterocycles. The largest absolute Gasteiger partial charge is 0.360 e. The number of benzene rings is 2. The smallest absolute Gasteiger partial charge is 0.261 e. The summed E-state index contributed by atoms with van der Waals surface area (Å²) in [5, 5.41) is 3.69. The molecule has 1 amide bonds. The highest BCUT2D eigenvalue weighted by Gasteiger charge is 2.13. The Morgan fingerprint density at radius 3 is 2.77 bits per heavy atom. The number of hydrogen-bond acceptors (Lipinski definition) is 2. The highest BCUT2D eigenvalue weighted by molar-refractivity contribution is 6.31. The van der Waals surface area contributed by atoms with E-state index in [1.165, 1.54) is 6.20 Å². The molecule has 3 rings (SSSR count). The summed E-state index contributed by atoms with van der Waals surface area (Å²) in [7, 11) is 0. The number of H-pyrrole nitrogens is 1. The number of aryl methyl sites for hydroxylation is 1. The number of aromatic nitrogens is 1. The van der Waals surface area contributed by atoms with E-state index in [1.54, 1.807) is 30.3 Å². The van der Waals surface area contributed by atoms with Crippen LogP contribution in [0.5, 0.6) is 0 Å². The Hall–Kier alpha value is -2.59. The normalized spacial score (nSPS) is 10.6. The molecule has 0 saturated carbocycles. The molecule has 2 aromatic carbocycles. The highest BCUT2D eigenvalue weighted by Crippen LogP contribution is 2.16. The molecule has 110 valence electrons. The van der Waals surface area contributed by atoms with E-state index in [2.05, 4.69) is 10.3 Å². The first-order valence-corrected chi connectivity index (χ1v) is 7.11. The molecule has 0 spiro atoms. The molecule has 3 aromatic rings. The summed E-state index contributed by atoms with van der Waals surface area (Å²) in [5.41, 5.74) is 1.98. The van der Waals surface area contributed by atoms with Crippen LogP contribution in [0.15, 0.2) is 53.5 Å². The third-order valence-corrected chi connectivity index (χ3v) is 3.60. The maximum Gasteiger partial charge on any atom is 0.261 e. The first kappa shape index (κ1) is 14.4. The summed E-state index contributed by atoms with van der Waals surface area (Å²) in [6.07, 6.45) is 1.43. The van der Waals surface area contributed by atoms with Crippen LogP contribution in [0, 0.1) is 6.92 Å². The number of carbonyl (C=O) groups is 1. The van der Waals surface area contributed by atoms with Crippen LogP contribution in [-0.4, -0.2) is 10.9 Å². The maximum atomic E-state index is 12.5. The fraction of sp³-hybridized carbons (Fsp3) is 0.0588. The molecule has 4 nitrogen and oxygen atoms in total. The molecule has 1 aromatic heterocycles. The van der Waals surface area contributed by atoms with E-state index in [0.29, 0.717) is 21.6 Å². The Kier molecular flexibility index (Phi) is 3.69. The Balaban J connectivity index is 2.01. The summed E-state index contributed by atoms with van der Waals surface area (Å²) in [5.74, 6) is -0.466. The van der Waals surface area contributed by atoms with Gasteiger partial charge < -0.3 is 10.3 Å². The van der Waals surface area contributed by atoms with E-state index in [9.17, 15) is 9.59 Å². The monoisotopic (exact) mass is 312 g/mol. The number of carbonyl (C=O) groups excluding carboxylic acids is 1. The molecule has 0 saturated heterocycles. The topological polar surface area (TPSA) is 62.0 Å². The maximum absolute atomic E-state index is 12.5. The standard InChI is InChI=1S/C17H13ClN2O2/c1-10-5-6-15-13(7-10)16(21)14(9-19-15)17(22)20-12-4-2-3-11(18)8-12/h2-9H,1H3,(H,19,21)(H,20,22). The van der Waals surface area contributed by atoms with Gasteiger partial charge in [0, 0.05) is 27.8 Å². The van der Waals surface area contributed by atoms with E-state index < -0.39 is 5.91 Å². The summed E-state index contributed by atoms with van der Waals surface area (Å²) in [6.45, 7) is 1.90. The number of nitrogens with one attached hydrogen (secondary N) is 2. The Morgan fingerprint density at radius 2 is 2.00 bits per heavy atom. The molecule has 22 heavy (non-hydrogen) atoms. The van der Waals surface area contributed by atoms with E-state index >= 15 is 0 Å². The minimum Gasteiger partial charge on any atom is -0.360 e. The minimum atomic E-state index is -0.466. The fourth-order valence-corrected chi connectivity index (χ4v) is 2.46. The van der Waals surface area contributed by atoms with Gasteiger partial charge in [-0.3, -0.25) is 9.59 Å². The van der Waals surface area contributed by atoms with Crippen molar-refractivity contribution in [3.63, 3.8) is 0 Å². The van der Waals surface area contributed by atoms with Crippen LogP contribution in [0.2, 0.25) is 5.02 Å². The first-order valence-electron chi connectivity index (χ1n) is 6.73. The first-order chi connectivity index (χ1) is 10.5. The molecule has 0 radical (unpaired) electrons. The third-order valence-electron chi connectivity index (χ3n) is 3.36. The second kappa shape index (κ2) is 5.66. The Labute approximate surface area is 131 Å². The van der Waals surface area contributed by atoms with Gasteiger partial charge in [0.25, 0.3) is 5.91 Å². The van der Waals surface area contributed by atoms with E-state index in [4.69, 9.17) is 11.6 Å². The molecular formula is C17H13ClN2O2. The van der Waals surface area contributed by atoms with Crippen molar-refractivity contribution in [1.82, 2.24) is 4.98 Å². The lowest BCUT2D eigenvalue weighted by Gasteiger charge is -2.06. The number of hydrogen-bond donors (Lipinski definition) is 2. The van der Waals surface area contributed by atoms with E-state index in [0.717, 1.165) is 5.56 Å². The van der Waals surface area contributed by atoms with E-state index in [-0.39, 0.29) is 11.0 Å². The van der Waals surface area contributed by atoms with Crippen molar-refractivity contribution in [2.24, 2.45) is 0 Å². The van der Waals surface area contributed by atoms with Gasteiger partial charge in [-0.05, 0) is 37.3 Å². The van der Waals surface area contributed by atoms with Crippen molar-refractivity contribution in [2.75, 3.05) is 5.32 Å². The van der Waals surface area contributed by atoms with Gasteiger partial charge in [0.1, 0.15) is 5.56 Å². The number of halogens is 1. The zero-order valence-electron chi connectivity index (χ0n) is 11.8.